The Morgan fingerprint density at radius 1 is 0.632 bits per heavy atom. The fourth-order valence-corrected chi connectivity index (χ4v) is 9.77. The number of methoxy groups -OCH3 is 1. The Balaban J connectivity index is 0.000000306. The van der Waals surface area contributed by atoms with Crippen LogP contribution in [0.3, 0.4) is 0 Å². The van der Waals surface area contributed by atoms with Crippen molar-refractivity contribution in [3.8, 4) is 0 Å². The largest absolute Gasteiger partial charge is 0.469 e. The van der Waals surface area contributed by atoms with Crippen LogP contribution in [0.4, 0.5) is 0 Å². The number of Topliss-reactive ketones (excluding diaryl/α,β-unsaturated/α-hetero) is 2. The molecule has 14 nitrogen and oxygen atoms in total. The summed E-state index contributed by atoms with van der Waals surface area (Å²) in [6.45, 7) is 16.6. The second kappa shape index (κ2) is 20.0. The van der Waals surface area contributed by atoms with Gasteiger partial charge in [0.1, 0.15) is 11.6 Å². The summed E-state index contributed by atoms with van der Waals surface area (Å²) in [5, 5.41) is 21.4. The molecule has 2 heterocycles. The van der Waals surface area contributed by atoms with Gasteiger partial charge in [0, 0.05) is 49.4 Å². The maximum absolute atomic E-state index is 12.7. The molecule has 0 radical (unpaired) electrons. The van der Waals surface area contributed by atoms with E-state index < -0.39 is 47.1 Å². The molecule has 2 aliphatic heterocycles. The number of nitrogens with zero attached hydrogens (tertiary/aromatic N) is 2. The third kappa shape index (κ3) is 12.5. The Morgan fingerprint density at radius 2 is 0.965 bits per heavy atom. The Morgan fingerprint density at radius 3 is 1.28 bits per heavy atom. The summed E-state index contributed by atoms with van der Waals surface area (Å²) in [6.07, 6.45) is 2.21. The SMILES string of the molecule is CCOC(=O)CC(C)(C)N1C(=O)CC(C[C@@H](O)C2C[C@@H](C)CC(C)C2=O)CC1=O.COC(=O)CC(C)(C)N1C(=O)CC(C[C@@H](O)C2C[C@@H](C)CC(C)C2=O)CC1=O. The van der Waals surface area contributed by atoms with Crippen LogP contribution in [0, 0.1) is 47.3 Å². The van der Waals surface area contributed by atoms with Crippen LogP contribution in [0.1, 0.15) is 139 Å². The van der Waals surface area contributed by atoms with E-state index in [2.05, 4.69) is 18.6 Å². The fraction of sp³-hybridized carbons (Fsp3) is 0.814. The number of hydrogen-bond acceptors (Lipinski definition) is 12. The zero-order valence-corrected chi connectivity index (χ0v) is 35.8. The highest BCUT2D eigenvalue weighted by atomic mass is 16.5. The molecule has 0 bridgehead atoms. The molecular formula is C43H68N2O12. The molecule has 2 saturated heterocycles. The van der Waals surface area contributed by atoms with Crippen molar-refractivity contribution in [2.75, 3.05) is 13.7 Å². The van der Waals surface area contributed by atoms with E-state index in [9.17, 15) is 48.6 Å². The van der Waals surface area contributed by atoms with Crippen LogP contribution in [0.15, 0.2) is 0 Å². The van der Waals surface area contributed by atoms with E-state index in [-0.39, 0.29) is 117 Å². The summed E-state index contributed by atoms with van der Waals surface area (Å²) in [6, 6.07) is 0. The number of esters is 2. The Kier molecular flexibility index (Phi) is 16.8. The lowest BCUT2D eigenvalue weighted by molar-refractivity contribution is -0.162. The molecule has 4 amide bonds. The Hall–Kier alpha value is -3.52. The average molecular weight is 805 g/mol. The number of hydrogen-bond donors (Lipinski definition) is 2. The molecule has 0 aromatic carbocycles. The third-order valence-electron chi connectivity index (χ3n) is 12.4. The zero-order chi connectivity index (χ0) is 43.2. The highest BCUT2D eigenvalue weighted by Crippen LogP contribution is 2.38. The number of ether oxygens (including phenoxy) is 2. The number of piperidine rings is 2. The van der Waals surface area contributed by atoms with Crippen molar-refractivity contribution in [1.29, 1.82) is 0 Å². The first-order chi connectivity index (χ1) is 26.4. The molecular weight excluding hydrogens is 736 g/mol. The lowest BCUT2D eigenvalue weighted by atomic mass is 9.71. The van der Waals surface area contributed by atoms with Gasteiger partial charge in [0.15, 0.2) is 0 Å². The Bertz CT molecular complexity index is 1490. The Labute approximate surface area is 338 Å². The van der Waals surface area contributed by atoms with Gasteiger partial charge < -0.3 is 19.7 Å². The number of rotatable bonds is 13. The summed E-state index contributed by atoms with van der Waals surface area (Å²) in [7, 11) is 1.27. The summed E-state index contributed by atoms with van der Waals surface area (Å²) < 4.78 is 9.62. The second-order valence-electron chi connectivity index (χ2n) is 18.7. The molecule has 2 N–H and O–H groups in total. The lowest BCUT2D eigenvalue weighted by Crippen LogP contribution is -2.55. The van der Waals surface area contributed by atoms with E-state index in [0.29, 0.717) is 24.7 Å². The lowest BCUT2D eigenvalue weighted by Gasteiger charge is -2.41. The molecule has 2 saturated carbocycles. The molecule has 4 fully saturated rings. The van der Waals surface area contributed by atoms with E-state index in [1.165, 1.54) is 12.0 Å². The van der Waals surface area contributed by atoms with Gasteiger partial charge in [-0.25, -0.2) is 0 Å². The molecule has 0 aromatic heterocycles. The number of aliphatic hydroxyl groups excluding tert-OH is 2. The predicted octanol–water partition coefficient (Wildman–Crippen LogP) is 4.58. The van der Waals surface area contributed by atoms with Crippen LogP contribution in [0.25, 0.3) is 0 Å². The third-order valence-corrected chi connectivity index (χ3v) is 12.4. The number of carbonyl (C=O) groups is 8. The van der Waals surface area contributed by atoms with Gasteiger partial charge in [0.05, 0.1) is 49.8 Å². The summed E-state index contributed by atoms with van der Waals surface area (Å²) >= 11 is 0. The molecule has 4 aliphatic rings. The van der Waals surface area contributed by atoms with Gasteiger partial charge in [0.2, 0.25) is 23.6 Å². The summed E-state index contributed by atoms with van der Waals surface area (Å²) in [5.41, 5.74) is -1.93. The highest BCUT2D eigenvalue weighted by molar-refractivity contribution is 6.00. The second-order valence-corrected chi connectivity index (χ2v) is 18.7. The monoisotopic (exact) mass is 804 g/mol. The van der Waals surface area contributed by atoms with Crippen LogP contribution >= 0.6 is 0 Å². The first kappa shape index (κ1) is 47.9. The number of ketones is 2. The quantitative estimate of drug-likeness (QED) is 0.194. The van der Waals surface area contributed by atoms with E-state index in [1.54, 1.807) is 34.6 Å². The van der Waals surface area contributed by atoms with E-state index in [4.69, 9.17) is 4.74 Å². The van der Waals surface area contributed by atoms with Crippen LogP contribution in [-0.4, -0.2) is 104 Å². The minimum atomic E-state index is -0.964. The van der Waals surface area contributed by atoms with Crippen molar-refractivity contribution < 1.29 is 58.0 Å². The van der Waals surface area contributed by atoms with Crippen LogP contribution in [0.5, 0.6) is 0 Å². The molecule has 4 rings (SSSR count). The molecule has 322 valence electrons. The van der Waals surface area contributed by atoms with Crippen molar-refractivity contribution in [2.45, 2.75) is 163 Å². The van der Waals surface area contributed by atoms with E-state index in [1.807, 2.05) is 13.8 Å². The number of imide groups is 2. The molecule has 2 aliphatic carbocycles. The molecule has 14 heteroatoms. The number of aliphatic hydroxyl groups is 2. The van der Waals surface area contributed by atoms with Gasteiger partial charge in [0.25, 0.3) is 0 Å². The van der Waals surface area contributed by atoms with Crippen LogP contribution in [-0.2, 0) is 47.8 Å². The van der Waals surface area contributed by atoms with Gasteiger partial charge in [-0.15, -0.1) is 0 Å². The van der Waals surface area contributed by atoms with Crippen LogP contribution in [0.2, 0.25) is 0 Å². The molecule has 8 atom stereocenters. The maximum Gasteiger partial charge on any atom is 0.308 e. The van der Waals surface area contributed by atoms with Gasteiger partial charge in [-0.1, -0.05) is 27.7 Å². The van der Waals surface area contributed by atoms with Crippen LogP contribution < -0.4 is 0 Å². The average Bonchev–Trinajstić information content (AvgIpc) is 3.06. The molecule has 4 unspecified atom stereocenters. The zero-order valence-electron chi connectivity index (χ0n) is 35.8. The van der Waals surface area contributed by atoms with Gasteiger partial charge in [-0.2, -0.15) is 0 Å². The van der Waals surface area contributed by atoms with Gasteiger partial charge in [-0.3, -0.25) is 48.2 Å². The normalized spacial score (nSPS) is 28.1. The minimum absolute atomic E-state index is 0.0576. The van der Waals surface area contributed by atoms with Gasteiger partial charge >= 0.3 is 11.9 Å². The predicted molar refractivity (Wildman–Crippen MR) is 209 cm³/mol. The fourth-order valence-electron chi connectivity index (χ4n) is 9.77. The number of likely N-dealkylation sites (tertiary alicyclic amines) is 2. The molecule has 57 heavy (non-hydrogen) atoms. The summed E-state index contributed by atoms with van der Waals surface area (Å²) in [5.74, 6) is -2.95. The standard InChI is InChI=1S/C22H35NO6.C21H33NO6/c1-6-29-20(27)12-22(4,5)23-18(25)10-15(11-19(23)26)9-17(24)16-8-13(2)7-14(3)21(16)28;1-12-6-13(2)20(27)15(7-12)16(23)8-14-9-17(24)22(18(25)10-14)21(3,4)11-19(26)28-5/h13-17,24H,6-12H2,1-5H3;12-16,23H,6-11H2,1-5H3/t13-,14?,16?,17+;12-,13?,15?,16+/m00/s1. The first-order valence-corrected chi connectivity index (χ1v) is 20.8. The maximum atomic E-state index is 12.7. The topological polar surface area (TPSA) is 202 Å². The van der Waals surface area contributed by atoms with Crippen molar-refractivity contribution in [2.24, 2.45) is 47.3 Å². The van der Waals surface area contributed by atoms with Crippen molar-refractivity contribution in [3.63, 3.8) is 0 Å². The number of carbonyl (C=O) groups excluding carboxylic acids is 8. The molecule has 0 aromatic rings. The van der Waals surface area contributed by atoms with E-state index in [0.717, 1.165) is 17.7 Å². The first-order valence-electron chi connectivity index (χ1n) is 20.8. The van der Waals surface area contributed by atoms with Crippen molar-refractivity contribution in [3.05, 3.63) is 0 Å². The molecule has 0 spiro atoms. The van der Waals surface area contributed by atoms with Crippen molar-refractivity contribution >= 4 is 47.1 Å². The van der Waals surface area contributed by atoms with Gasteiger partial charge in [-0.05, 0) is 96.8 Å². The highest BCUT2D eigenvalue weighted by Gasteiger charge is 2.46. The number of amides is 4. The van der Waals surface area contributed by atoms with E-state index >= 15 is 0 Å². The summed E-state index contributed by atoms with van der Waals surface area (Å²) in [4.78, 5) is 102. The smallest absolute Gasteiger partial charge is 0.308 e. The minimum Gasteiger partial charge on any atom is -0.469 e. The van der Waals surface area contributed by atoms with Crippen molar-refractivity contribution in [1.82, 2.24) is 9.80 Å².